The van der Waals surface area contributed by atoms with E-state index in [1.165, 1.54) is 12.1 Å². The lowest BCUT2D eigenvalue weighted by molar-refractivity contribution is -0.145. The lowest BCUT2D eigenvalue weighted by Gasteiger charge is -2.30. The highest BCUT2D eigenvalue weighted by atomic mass is 19.1. The Morgan fingerprint density at radius 2 is 1.55 bits per heavy atom. The van der Waals surface area contributed by atoms with Gasteiger partial charge in [-0.3, -0.25) is 24.5 Å². The molecule has 1 fully saturated rings. The SMILES string of the molecule is CC.O=C1CCC(F)(C2C(=O)c3ccccc3C2=O)C(=O)N1. The van der Waals surface area contributed by atoms with Crippen LogP contribution in [0, 0.1) is 5.92 Å². The normalized spacial score (nSPS) is 24.5. The molecule has 0 bridgehead atoms. The summed E-state index contributed by atoms with van der Waals surface area (Å²) < 4.78 is 14.9. The van der Waals surface area contributed by atoms with Crippen molar-refractivity contribution < 1.29 is 23.6 Å². The average Bonchev–Trinajstić information content (AvgIpc) is 2.78. The number of fused-ring (bicyclic) bond motifs is 1. The van der Waals surface area contributed by atoms with Crippen molar-refractivity contribution in [1.29, 1.82) is 0 Å². The lowest BCUT2D eigenvalue weighted by atomic mass is 9.79. The summed E-state index contributed by atoms with van der Waals surface area (Å²) in [5.74, 6) is -4.88. The Morgan fingerprint density at radius 1 is 1.05 bits per heavy atom. The van der Waals surface area contributed by atoms with Gasteiger partial charge in [0.2, 0.25) is 11.6 Å². The zero-order valence-corrected chi connectivity index (χ0v) is 12.3. The van der Waals surface area contributed by atoms with Crippen molar-refractivity contribution in [3.8, 4) is 0 Å². The van der Waals surface area contributed by atoms with E-state index < -0.39 is 41.4 Å². The van der Waals surface area contributed by atoms with Gasteiger partial charge in [-0.2, -0.15) is 0 Å². The first-order valence-electron chi connectivity index (χ1n) is 7.16. The molecule has 1 aromatic carbocycles. The summed E-state index contributed by atoms with van der Waals surface area (Å²) in [6.45, 7) is 4.00. The van der Waals surface area contributed by atoms with Crippen LogP contribution in [0.4, 0.5) is 4.39 Å². The molecule has 1 N–H and O–H groups in total. The number of benzene rings is 1. The number of carbonyl (C=O) groups is 4. The Morgan fingerprint density at radius 3 is 2.00 bits per heavy atom. The second-order valence-corrected chi connectivity index (χ2v) is 4.95. The van der Waals surface area contributed by atoms with Crippen LogP contribution in [0.2, 0.25) is 0 Å². The van der Waals surface area contributed by atoms with Crippen molar-refractivity contribution in [1.82, 2.24) is 5.32 Å². The third kappa shape index (κ3) is 2.24. The molecule has 0 aromatic heterocycles. The maximum Gasteiger partial charge on any atom is 0.265 e. The van der Waals surface area contributed by atoms with Gasteiger partial charge in [-0.1, -0.05) is 38.1 Å². The van der Waals surface area contributed by atoms with Crippen LogP contribution in [0.1, 0.15) is 47.4 Å². The summed E-state index contributed by atoms with van der Waals surface area (Å²) in [5, 5.41) is 1.86. The van der Waals surface area contributed by atoms with Crippen molar-refractivity contribution in [2.75, 3.05) is 0 Å². The maximum atomic E-state index is 14.9. The zero-order chi connectivity index (χ0) is 16.5. The van der Waals surface area contributed by atoms with Gasteiger partial charge in [-0.25, -0.2) is 4.39 Å². The van der Waals surface area contributed by atoms with Crippen LogP contribution >= 0.6 is 0 Å². The van der Waals surface area contributed by atoms with Crippen molar-refractivity contribution in [3.63, 3.8) is 0 Å². The fourth-order valence-corrected chi connectivity index (χ4v) is 2.74. The summed E-state index contributed by atoms with van der Waals surface area (Å²) >= 11 is 0. The molecule has 1 saturated heterocycles. The van der Waals surface area contributed by atoms with Crippen LogP contribution in [0.5, 0.6) is 0 Å². The number of imide groups is 1. The molecule has 0 radical (unpaired) electrons. The summed E-state index contributed by atoms with van der Waals surface area (Å²) in [5.41, 5.74) is -2.39. The number of hydrogen-bond acceptors (Lipinski definition) is 4. The minimum Gasteiger partial charge on any atom is -0.294 e. The molecule has 2 aliphatic rings. The molecule has 1 aliphatic carbocycles. The lowest BCUT2D eigenvalue weighted by Crippen LogP contribution is -2.57. The summed E-state index contributed by atoms with van der Waals surface area (Å²) in [6, 6.07) is 6.01. The average molecular weight is 305 g/mol. The molecule has 0 spiro atoms. The number of carbonyl (C=O) groups excluding carboxylic acids is 4. The van der Waals surface area contributed by atoms with Crippen molar-refractivity contribution >= 4 is 23.4 Å². The van der Waals surface area contributed by atoms with E-state index in [2.05, 4.69) is 0 Å². The van der Waals surface area contributed by atoms with E-state index in [1.54, 1.807) is 12.1 Å². The summed E-state index contributed by atoms with van der Waals surface area (Å²) in [4.78, 5) is 47.3. The van der Waals surface area contributed by atoms with Crippen LogP contribution < -0.4 is 5.32 Å². The van der Waals surface area contributed by atoms with Gasteiger partial charge in [-0.05, 0) is 0 Å². The number of amides is 2. The fraction of sp³-hybridized carbons (Fsp3) is 0.375. The van der Waals surface area contributed by atoms with Crippen molar-refractivity contribution in [3.05, 3.63) is 35.4 Å². The summed E-state index contributed by atoms with van der Waals surface area (Å²) in [7, 11) is 0. The van der Waals surface area contributed by atoms with Crippen LogP contribution in [0.15, 0.2) is 24.3 Å². The molecule has 6 heteroatoms. The Kier molecular flexibility index (Phi) is 4.21. The smallest absolute Gasteiger partial charge is 0.265 e. The molecular formula is C16H16FNO4. The predicted molar refractivity (Wildman–Crippen MR) is 76.2 cm³/mol. The highest BCUT2D eigenvalue weighted by Crippen LogP contribution is 2.40. The van der Waals surface area contributed by atoms with Gasteiger partial charge in [0.25, 0.3) is 5.91 Å². The van der Waals surface area contributed by atoms with E-state index in [1.807, 2.05) is 19.2 Å². The zero-order valence-electron chi connectivity index (χ0n) is 12.3. The molecule has 2 amide bonds. The quantitative estimate of drug-likeness (QED) is 0.634. The van der Waals surface area contributed by atoms with E-state index in [0.29, 0.717) is 0 Å². The molecule has 1 atom stereocenters. The first-order chi connectivity index (χ1) is 10.4. The van der Waals surface area contributed by atoms with Crippen molar-refractivity contribution in [2.24, 2.45) is 5.92 Å². The molecule has 116 valence electrons. The van der Waals surface area contributed by atoms with Crippen LogP contribution in [0.3, 0.4) is 0 Å². The standard InChI is InChI=1S/C14H10FNO4.C2H6/c15-14(6-5-9(17)16-13(14)20)10-11(18)7-3-1-2-4-8(7)12(10)19;1-2/h1-4,10H,5-6H2,(H,16,17,20);1-2H3. The molecule has 1 aliphatic heterocycles. The monoisotopic (exact) mass is 305 g/mol. The number of ketones is 2. The number of piperidine rings is 1. The number of alkyl halides is 1. The van der Waals surface area contributed by atoms with Gasteiger partial charge in [-0.15, -0.1) is 0 Å². The molecule has 1 heterocycles. The van der Waals surface area contributed by atoms with Gasteiger partial charge < -0.3 is 0 Å². The fourth-order valence-electron chi connectivity index (χ4n) is 2.74. The second-order valence-electron chi connectivity index (χ2n) is 4.95. The molecular weight excluding hydrogens is 289 g/mol. The minimum atomic E-state index is -2.65. The minimum absolute atomic E-state index is 0.129. The highest BCUT2D eigenvalue weighted by Gasteiger charge is 2.58. The largest absolute Gasteiger partial charge is 0.294 e. The summed E-state index contributed by atoms with van der Waals surface area (Å²) in [6.07, 6.45) is -0.677. The van der Waals surface area contributed by atoms with Crippen molar-refractivity contribution in [2.45, 2.75) is 32.4 Å². The van der Waals surface area contributed by atoms with E-state index in [0.717, 1.165) is 0 Å². The second kappa shape index (κ2) is 5.79. The van der Waals surface area contributed by atoms with E-state index in [-0.39, 0.29) is 17.5 Å². The molecule has 1 unspecified atom stereocenters. The van der Waals surface area contributed by atoms with E-state index in [4.69, 9.17) is 0 Å². The van der Waals surface area contributed by atoms with Crippen LogP contribution in [-0.2, 0) is 9.59 Å². The number of hydrogen-bond donors (Lipinski definition) is 1. The molecule has 1 aromatic rings. The number of Topliss-reactive ketones (excluding diaryl/α,β-unsaturated/α-hetero) is 2. The van der Waals surface area contributed by atoms with Gasteiger partial charge in [0.05, 0.1) is 0 Å². The first-order valence-corrected chi connectivity index (χ1v) is 7.16. The predicted octanol–water partition coefficient (Wildman–Crippen LogP) is 1.85. The topological polar surface area (TPSA) is 80.3 Å². The number of halogens is 1. The van der Waals surface area contributed by atoms with Gasteiger partial charge in [0, 0.05) is 24.0 Å². The Balaban J connectivity index is 0.000000847. The maximum absolute atomic E-state index is 14.9. The Bertz CT molecular complexity index is 635. The molecule has 22 heavy (non-hydrogen) atoms. The van der Waals surface area contributed by atoms with E-state index >= 15 is 0 Å². The first kappa shape index (κ1) is 16.0. The third-order valence-corrected chi connectivity index (χ3v) is 3.79. The van der Waals surface area contributed by atoms with Gasteiger partial charge in [0.15, 0.2) is 11.6 Å². The Hall–Kier alpha value is -2.37. The molecule has 5 nitrogen and oxygen atoms in total. The molecule has 3 rings (SSSR count). The highest BCUT2D eigenvalue weighted by molar-refractivity contribution is 6.29. The van der Waals surface area contributed by atoms with Gasteiger partial charge >= 0.3 is 0 Å². The number of rotatable bonds is 1. The van der Waals surface area contributed by atoms with E-state index in [9.17, 15) is 23.6 Å². The molecule has 0 saturated carbocycles. The van der Waals surface area contributed by atoms with Crippen LogP contribution in [-0.4, -0.2) is 29.0 Å². The Labute approximate surface area is 126 Å². The third-order valence-electron chi connectivity index (χ3n) is 3.79. The number of nitrogens with one attached hydrogen (secondary N) is 1. The van der Waals surface area contributed by atoms with Crippen LogP contribution in [0.25, 0.3) is 0 Å². The van der Waals surface area contributed by atoms with Gasteiger partial charge in [0.1, 0.15) is 5.92 Å².